The average Bonchev–Trinajstić information content (AvgIpc) is 3.03. The predicted octanol–water partition coefficient (Wildman–Crippen LogP) is 2.93. The van der Waals surface area contributed by atoms with Crippen LogP contribution in [0.15, 0.2) is 42.5 Å². The Hall–Kier alpha value is -2.07. The summed E-state index contributed by atoms with van der Waals surface area (Å²) < 4.78 is 0. The van der Waals surface area contributed by atoms with Crippen molar-refractivity contribution in [3.05, 3.63) is 48.2 Å². The predicted molar refractivity (Wildman–Crippen MR) is 86.1 cm³/mol. The molecule has 0 aliphatic carbocycles. The monoisotopic (exact) mass is 285 g/mol. The summed E-state index contributed by atoms with van der Waals surface area (Å²) >= 11 is 0. The molecule has 4 heteroatoms. The summed E-state index contributed by atoms with van der Waals surface area (Å²) in [6.07, 6.45) is 1.67. The fourth-order valence-electron chi connectivity index (χ4n) is 2.17. The van der Waals surface area contributed by atoms with E-state index in [1.165, 1.54) is 0 Å². The van der Waals surface area contributed by atoms with Crippen LogP contribution in [0.25, 0.3) is 11.3 Å². The van der Waals surface area contributed by atoms with Crippen molar-refractivity contribution in [3.8, 4) is 11.3 Å². The first-order valence-corrected chi connectivity index (χ1v) is 7.39. The molecule has 4 nitrogen and oxygen atoms in total. The van der Waals surface area contributed by atoms with Gasteiger partial charge in [0.05, 0.1) is 0 Å². The number of benzene rings is 1. The van der Waals surface area contributed by atoms with Gasteiger partial charge >= 0.3 is 0 Å². The van der Waals surface area contributed by atoms with E-state index >= 15 is 0 Å². The fourth-order valence-corrected chi connectivity index (χ4v) is 2.17. The van der Waals surface area contributed by atoms with Gasteiger partial charge in [-0.3, -0.25) is 4.79 Å². The Morgan fingerprint density at radius 2 is 1.81 bits per heavy atom. The molecule has 2 aromatic rings. The third-order valence-corrected chi connectivity index (χ3v) is 4.02. The van der Waals surface area contributed by atoms with E-state index in [1.807, 2.05) is 50.2 Å². The summed E-state index contributed by atoms with van der Waals surface area (Å²) in [6, 6.07) is 13.6. The second kappa shape index (κ2) is 6.59. The molecule has 21 heavy (non-hydrogen) atoms. The lowest BCUT2D eigenvalue weighted by Gasteiger charge is -2.26. The lowest BCUT2D eigenvalue weighted by Crippen LogP contribution is -2.49. The number of nitrogens with two attached hydrogens (primary N) is 1. The Morgan fingerprint density at radius 1 is 1.14 bits per heavy atom. The molecule has 2 rings (SSSR count). The standard InChI is InChI=1S/C17H23N3O/c1-3-17(18,4-2)12-19-16(21)15-11-10-14(20-15)13-8-6-5-7-9-13/h5-11,20H,3-4,12,18H2,1-2H3,(H,19,21). The van der Waals surface area contributed by atoms with Gasteiger partial charge in [0.2, 0.25) is 0 Å². The molecule has 1 heterocycles. The fraction of sp³-hybridized carbons (Fsp3) is 0.353. The Bertz CT molecular complexity index is 585. The highest BCUT2D eigenvalue weighted by molar-refractivity contribution is 5.93. The minimum atomic E-state index is -0.329. The molecule has 0 radical (unpaired) electrons. The molecule has 112 valence electrons. The first kappa shape index (κ1) is 15.3. The SMILES string of the molecule is CCC(N)(CC)CNC(=O)c1ccc(-c2ccccc2)[nH]1. The van der Waals surface area contributed by atoms with Gasteiger partial charge in [-0.05, 0) is 30.5 Å². The number of H-pyrrole nitrogens is 1. The highest BCUT2D eigenvalue weighted by Gasteiger charge is 2.21. The van der Waals surface area contributed by atoms with Crippen LogP contribution in [0, 0.1) is 0 Å². The molecule has 0 saturated heterocycles. The van der Waals surface area contributed by atoms with E-state index in [-0.39, 0.29) is 11.4 Å². The van der Waals surface area contributed by atoms with Crippen molar-refractivity contribution >= 4 is 5.91 Å². The first-order valence-electron chi connectivity index (χ1n) is 7.39. The number of amides is 1. The van der Waals surface area contributed by atoms with Crippen molar-refractivity contribution < 1.29 is 4.79 Å². The number of carbonyl (C=O) groups is 1. The van der Waals surface area contributed by atoms with Crippen LogP contribution in [-0.2, 0) is 0 Å². The molecular formula is C17H23N3O. The molecule has 0 aliphatic rings. The van der Waals surface area contributed by atoms with Gasteiger partial charge in [0.25, 0.3) is 5.91 Å². The molecule has 0 atom stereocenters. The summed E-state index contributed by atoms with van der Waals surface area (Å²) in [4.78, 5) is 15.3. The molecule has 0 unspecified atom stereocenters. The lowest BCUT2D eigenvalue weighted by molar-refractivity contribution is 0.0938. The minimum absolute atomic E-state index is 0.117. The maximum absolute atomic E-state index is 12.2. The van der Waals surface area contributed by atoms with Crippen LogP contribution in [-0.4, -0.2) is 23.0 Å². The van der Waals surface area contributed by atoms with Crippen LogP contribution in [0.3, 0.4) is 0 Å². The lowest BCUT2D eigenvalue weighted by atomic mass is 9.94. The molecular weight excluding hydrogens is 262 g/mol. The highest BCUT2D eigenvalue weighted by Crippen LogP contribution is 2.18. The normalized spacial score (nSPS) is 11.4. The Kier molecular flexibility index (Phi) is 4.81. The summed E-state index contributed by atoms with van der Waals surface area (Å²) in [5.74, 6) is -0.117. The zero-order chi connectivity index (χ0) is 15.3. The zero-order valence-electron chi connectivity index (χ0n) is 12.6. The van der Waals surface area contributed by atoms with Crippen LogP contribution >= 0.6 is 0 Å². The summed E-state index contributed by atoms with van der Waals surface area (Å²) in [5, 5.41) is 2.91. The Balaban J connectivity index is 2.03. The molecule has 1 aromatic carbocycles. The van der Waals surface area contributed by atoms with Crippen LogP contribution in [0.1, 0.15) is 37.2 Å². The van der Waals surface area contributed by atoms with E-state index in [0.29, 0.717) is 12.2 Å². The second-order valence-corrected chi connectivity index (χ2v) is 5.40. The van der Waals surface area contributed by atoms with Gasteiger partial charge in [-0.2, -0.15) is 0 Å². The van der Waals surface area contributed by atoms with E-state index in [9.17, 15) is 4.79 Å². The van der Waals surface area contributed by atoms with Crippen molar-refractivity contribution in [2.24, 2.45) is 5.73 Å². The van der Waals surface area contributed by atoms with E-state index in [1.54, 1.807) is 6.07 Å². The van der Waals surface area contributed by atoms with Gasteiger partial charge in [-0.25, -0.2) is 0 Å². The maximum atomic E-state index is 12.2. The van der Waals surface area contributed by atoms with Gasteiger partial charge in [0.1, 0.15) is 5.69 Å². The van der Waals surface area contributed by atoms with E-state index in [0.717, 1.165) is 24.1 Å². The van der Waals surface area contributed by atoms with Crippen LogP contribution in [0.4, 0.5) is 0 Å². The van der Waals surface area contributed by atoms with Gasteiger partial charge < -0.3 is 16.0 Å². The molecule has 0 bridgehead atoms. The summed E-state index contributed by atoms with van der Waals surface area (Å²) in [6.45, 7) is 4.56. The van der Waals surface area contributed by atoms with Gasteiger partial charge in [-0.1, -0.05) is 44.2 Å². The molecule has 0 spiro atoms. The minimum Gasteiger partial charge on any atom is -0.351 e. The van der Waals surface area contributed by atoms with Crippen LogP contribution in [0.5, 0.6) is 0 Å². The molecule has 0 fully saturated rings. The van der Waals surface area contributed by atoms with E-state index in [2.05, 4.69) is 10.3 Å². The molecule has 4 N–H and O–H groups in total. The van der Waals surface area contributed by atoms with E-state index in [4.69, 9.17) is 5.73 Å². The Labute approximate surface area is 125 Å². The number of carbonyl (C=O) groups excluding carboxylic acids is 1. The van der Waals surface area contributed by atoms with Crippen molar-refractivity contribution in [1.29, 1.82) is 0 Å². The number of nitrogens with one attached hydrogen (secondary N) is 2. The second-order valence-electron chi connectivity index (χ2n) is 5.40. The first-order chi connectivity index (χ1) is 10.1. The molecule has 1 amide bonds. The number of hydrogen-bond donors (Lipinski definition) is 3. The zero-order valence-corrected chi connectivity index (χ0v) is 12.6. The van der Waals surface area contributed by atoms with Gasteiger partial charge in [0, 0.05) is 17.8 Å². The average molecular weight is 285 g/mol. The third-order valence-electron chi connectivity index (χ3n) is 4.02. The topological polar surface area (TPSA) is 70.9 Å². The van der Waals surface area contributed by atoms with Crippen molar-refractivity contribution in [2.75, 3.05) is 6.54 Å². The number of aromatic nitrogens is 1. The van der Waals surface area contributed by atoms with Gasteiger partial charge in [-0.15, -0.1) is 0 Å². The van der Waals surface area contributed by atoms with Crippen molar-refractivity contribution in [1.82, 2.24) is 10.3 Å². The number of aromatic amines is 1. The number of rotatable bonds is 6. The van der Waals surface area contributed by atoms with Crippen molar-refractivity contribution in [2.45, 2.75) is 32.2 Å². The maximum Gasteiger partial charge on any atom is 0.267 e. The Morgan fingerprint density at radius 3 is 2.43 bits per heavy atom. The van der Waals surface area contributed by atoms with Crippen LogP contribution < -0.4 is 11.1 Å². The summed E-state index contributed by atoms with van der Waals surface area (Å²) in [5.41, 5.74) is 8.42. The van der Waals surface area contributed by atoms with Crippen molar-refractivity contribution in [3.63, 3.8) is 0 Å². The highest BCUT2D eigenvalue weighted by atomic mass is 16.1. The summed E-state index contributed by atoms with van der Waals surface area (Å²) in [7, 11) is 0. The van der Waals surface area contributed by atoms with Gasteiger partial charge in [0.15, 0.2) is 0 Å². The third kappa shape index (κ3) is 3.73. The molecule has 0 aliphatic heterocycles. The molecule has 1 aromatic heterocycles. The molecule has 0 saturated carbocycles. The quantitative estimate of drug-likeness (QED) is 0.763. The smallest absolute Gasteiger partial charge is 0.267 e. The van der Waals surface area contributed by atoms with E-state index < -0.39 is 0 Å². The number of hydrogen-bond acceptors (Lipinski definition) is 2. The van der Waals surface area contributed by atoms with Crippen LogP contribution in [0.2, 0.25) is 0 Å². The largest absolute Gasteiger partial charge is 0.351 e.